The van der Waals surface area contributed by atoms with Crippen LogP contribution in [0, 0.1) is 0 Å². The molecule has 0 aliphatic rings. The van der Waals surface area contributed by atoms with E-state index in [0.29, 0.717) is 6.42 Å². The number of carbonyl (C=O) groups is 1. The molecule has 78 valence electrons. The molecule has 0 saturated carbocycles. The number of hydrogen-bond donors (Lipinski definition) is 3. The standard InChI is InChI=1S/C9H19NO3/c1-7(11)8(10)5-3-2-4-6-9(12)13/h7-8,11H,2-6,10H2,1H3,(H,12,13). The van der Waals surface area contributed by atoms with E-state index >= 15 is 0 Å². The molecule has 0 fully saturated rings. The van der Waals surface area contributed by atoms with Gasteiger partial charge in [-0.05, 0) is 19.8 Å². The lowest BCUT2D eigenvalue weighted by atomic mass is 10.0. The Labute approximate surface area is 78.7 Å². The van der Waals surface area contributed by atoms with Crippen molar-refractivity contribution in [2.24, 2.45) is 5.73 Å². The predicted octanol–water partition coefficient (Wildman–Crippen LogP) is 0.730. The third-order valence-electron chi connectivity index (χ3n) is 2.05. The van der Waals surface area contributed by atoms with Gasteiger partial charge in [0.05, 0.1) is 6.10 Å². The molecule has 0 saturated heterocycles. The van der Waals surface area contributed by atoms with Crippen LogP contribution in [0.3, 0.4) is 0 Å². The molecule has 4 N–H and O–H groups in total. The van der Waals surface area contributed by atoms with E-state index in [-0.39, 0.29) is 12.5 Å². The number of carboxylic acids is 1. The Bertz CT molecular complexity index is 148. The van der Waals surface area contributed by atoms with E-state index in [1.807, 2.05) is 0 Å². The highest BCUT2D eigenvalue weighted by Crippen LogP contribution is 2.06. The third-order valence-corrected chi connectivity index (χ3v) is 2.05. The van der Waals surface area contributed by atoms with Gasteiger partial charge in [-0.3, -0.25) is 4.79 Å². The Kier molecular flexibility index (Phi) is 6.54. The van der Waals surface area contributed by atoms with Crippen molar-refractivity contribution in [1.82, 2.24) is 0 Å². The van der Waals surface area contributed by atoms with Crippen molar-refractivity contribution < 1.29 is 15.0 Å². The van der Waals surface area contributed by atoms with Gasteiger partial charge in [-0.25, -0.2) is 0 Å². The van der Waals surface area contributed by atoms with E-state index in [1.165, 1.54) is 0 Å². The lowest BCUT2D eigenvalue weighted by molar-refractivity contribution is -0.137. The van der Waals surface area contributed by atoms with Crippen LogP contribution in [0.2, 0.25) is 0 Å². The number of aliphatic hydroxyl groups excluding tert-OH is 1. The highest BCUT2D eigenvalue weighted by molar-refractivity contribution is 5.66. The zero-order valence-electron chi connectivity index (χ0n) is 8.07. The number of aliphatic hydroxyl groups is 1. The highest BCUT2D eigenvalue weighted by atomic mass is 16.4. The summed E-state index contributed by atoms with van der Waals surface area (Å²) in [5.74, 6) is -0.750. The molecule has 0 heterocycles. The molecule has 0 radical (unpaired) electrons. The topological polar surface area (TPSA) is 83.5 Å². The van der Waals surface area contributed by atoms with Crippen LogP contribution in [0.15, 0.2) is 0 Å². The fraction of sp³-hybridized carbons (Fsp3) is 0.889. The summed E-state index contributed by atoms with van der Waals surface area (Å²) in [4.78, 5) is 10.1. The first-order valence-electron chi connectivity index (χ1n) is 4.69. The molecule has 0 aromatic carbocycles. The predicted molar refractivity (Wildman–Crippen MR) is 50.4 cm³/mol. The summed E-state index contributed by atoms with van der Waals surface area (Å²) in [7, 11) is 0. The minimum atomic E-state index is -0.750. The first-order chi connectivity index (χ1) is 6.04. The number of rotatable bonds is 7. The van der Waals surface area contributed by atoms with Gasteiger partial charge >= 0.3 is 5.97 Å². The monoisotopic (exact) mass is 189 g/mol. The normalized spacial score (nSPS) is 15.3. The third kappa shape index (κ3) is 7.74. The smallest absolute Gasteiger partial charge is 0.303 e. The summed E-state index contributed by atoms with van der Waals surface area (Å²) in [6, 6.07) is -0.176. The van der Waals surface area contributed by atoms with Gasteiger partial charge in [-0.1, -0.05) is 12.8 Å². The summed E-state index contributed by atoms with van der Waals surface area (Å²) in [6.45, 7) is 1.67. The van der Waals surface area contributed by atoms with Crippen molar-refractivity contribution in [1.29, 1.82) is 0 Å². The van der Waals surface area contributed by atoms with Crippen molar-refractivity contribution >= 4 is 5.97 Å². The molecule has 0 amide bonds. The number of hydrogen-bond acceptors (Lipinski definition) is 3. The average molecular weight is 189 g/mol. The second-order valence-electron chi connectivity index (χ2n) is 3.40. The van der Waals surface area contributed by atoms with Gasteiger partial charge in [-0.2, -0.15) is 0 Å². The minimum Gasteiger partial charge on any atom is -0.481 e. The molecule has 0 aliphatic heterocycles. The maximum Gasteiger partial charge on any atom is 0.303 e. The van der Waals surface area contributed by atoms with Crippen LogP contribution in [0.1, 0.15) is 39.0 Å². The van der Waals surface area contributed by atoms with E-state index < -0.39 is 12.1 Å². The first kappa shape index (κ1) is 12.4. The van der Waals surface area contributed by atoms with Gasteiger partial charge in [0.1, 0.15) is 0 Å². The molecule has 0 aromatic heterocycles. The molecule has 0 bridgehead atoms. The van der Waals surface area contributed by atoms with Crippen LogP contribution in [0.4, 0.5) is 0 Å². The van der Waals surface area contributed by atoms with Crippen molar-refractivity contribution in [3.8, 4) is 0 Å². The molecule has 13 heavy (non-hydrogen) atoms. The summed E-state index contributed by atoms with van der Waals surface area (Å²) in [6.07, 6.45) is 2.97. The second-order valence-corrected chi connectivity index (χ2v) is 3.40. The molecule has 0 aliphatic carbocycles. The molecule has 2 unspecified atom stereocenters. The summed E-state index contributed by atoms with van der Waals surface area (Å²) in [5, 5.41) is 17.4. The number of unbranched alkanes of at least 4 members (excludes halogenated alkanes) is 2. The molecule has 2 atom stereocenters. The van der Waals surface area contributed by atoms with Gasteiger partial charge in [0.15, 0.2) is 0 Å². The number of aliphatic carboxylic acids is 1. The van der Waals surface area contributed by atoms with Crippen molar-refractivity contribution in [3.05, 3.63) is 0 Å². The van der Waals surface area contributed by atoms with Crippen LogP contribution in [-0.2, 0) is 4.79 Å². The Balaban J connectivity index is 3.21. The summed E-state index contributed by atoms with van der Waals surface area (Å²) in [5.41, 5.74) is 5.59. The summed E-state index contributed by atoms with van der Waals surface area (Å²) >= 11 is 0. The van der Waals surface area contributed by atoms with E-state index in [4.69, 9.17) is 15.9 Å². The lowest BCUT2D eigenvalue weighted by Crippen LogP contribution is -2.32. The molecular formula is C9H19NO3. The molecule has 0 rings (SSSR count). The highest BCUT2D eigenvalue weighted by Gasteiger charge is 2.08. The lowest BCUT2D eigenvalue weighted by Gasteiger charge is -2.13. The Hall–Kier alpha value is -0.610. The minimum absolute atomic E-state index is 0.176. The quantitative estimate of drug-likeness (QED) is 0.515. The van der Waals surface area contributed by atoms with Crippen LogP contribution in [0.5, 0.6) is 0 Å². The van der Waals surface area contributed by atoms with E-state index in [9.17, 15) is 4.79 Å². The zero-order chi connectivity index (χ0) is 10.3. The van der Waals surface area contributed by atoms with Crippen molar-refractivity contribution in [3.63, 3.8) is 0 Å². The van der Waals surface area contributed by atoms with Crippen LogP contribution in [0.25, 0.3) is 0 Å². The Morgan fingerprint density at radius 1 is 1.38 bits per heavy atom. The van der Waals surface area contributed by atoms with Gasteiger partial charge in [0.2, 0.25) is 0 Å². The van der Waals surface area contributed by atoms with Crippen molar-refractivity contribution in [2.75, 3.05) is 0 Å². The molecule has 4 nitrogen and oxygen atoms in total. The molecule has 4 heteroatoms. The van der Waals surface area contributed by atoms with E-state index in [0.717, 1.165) is 19.3 Å². The SMILES string of the molecule is CC(O)C(N)CCCCCC(=O)O. The second kappa shape index (κ2) is 6.86. The molecular weight excluding hydrogens is 170 g/mol. The largest absolute Gasteiger partial charge is 0.481 e. The molecule has 0 aromatic rings. The van der Waals surface area contributed by atoms with Crippen molar-refractivity contribution in [2.45, 2.75) is 51.2 Å². The Morgan fingerprint density at radius 3 is 2.46 bits per heavy atom. The van der Waals surface area contributed by atoms with E-state index in [1.54, 1.807) is 6.92 Å². The van der Waals surface area contributed by atoms with Gasteiger partial charge < -0.3 is 15.9 Å². The zero-order valence-corrected chi connectivity index (χ0v) is 8.07. The van der Waals surface area contributed by atoms with Crippen LogP contribution >= 0.6 is 0 Å². The van der Waals surface area contributed by atoms with E-state index in [2.05, 4.69) is 0 Å². The van der Waals surface area contributed by atoms with Crippen LogP contribution in [-0.4, -0.2) is 28.3 Å². The maximum absolute atomic E-state index is 10.1. The Morgan fingerprint density at radius 2 is 2.00 bits per heavy atom. The fourth-order valence-corrected chi connectivity index (χ4v) is 1.07. The first-order valence-corrected chi connectivity index (χ1v) is 4.69. The maximum atomic E-state index is 10.1. The van der Waals surface area contributed by atoms with Crippen LogP contribution < -0.4 is 5.73 Å². The van der Waals surface area contributed by atoms with Gasteiger partial charge in [-0.15, -0.1) is 0 Å². The average Bonchev–Trinajstić information content (AvgIpc) is 2.02. The van der Waals surface area contributed by atoms with Gasteiger partial charge in [0, 0.05) is 12.5 Å². The number of carboxylic acid groups (broad SMARTS) is 1. The fourth-order valence-electron chi connectivity index (χ4n) is 1.07. The number of nitrogens with two attached hydrogens (primary N) is 1. The molecule has 0 spiro atoms. The van der Waals surface area contributed by atoms with Gasteiger partial charge in [0.25, 0.3) is 0 Å². The summed E-state index contributed by atoms with van der Waals surface area (Å²) < 4.78 is 0.